The fourth-order valence-electron chi connectivity index (χ4n) is 6.73. The van der Waals surface area contributed by atoms with Crippen molar-refractivity contribution in [1.29, 1.82) is 0 Å². The molecule has 0 radical (unpaired) electrons. The van der Waals surface area contributed by atoms with Crippen molar-refractivity contribution >= 4 is 50.6 Å². The lowest BCUT2D eigenvalue weighted by Gasteiger charge is -2.21. The summed E-state index contributed by atoms with van der Waals surface area (Å²) in [6, 6.07) is 33.1. The SMILES string of the molecule is CN=C1N=c2c3ccccc3c(n2C)=NC2(C)NC(=Nc3c4ccccc4c(n3C)N=C(C)c3ccccc31)c1ccccc12. The fraction of sp³-hybridized carbons (Fsp3) is 0.162. The predicted molar refractivity (Wildman–Crippen MR) is 182 cm³/mol. The van der Waals surface area contributed by atoms with Crippen molar-refractivity contribution in [3.8, 4) is 0 Å². The molecule has 45 heavy (non-hydrogen) atoms. The van der Waals surface area contributed by atoms with E-state index in [1.54, 1.807) is 7.05 Å². The molecule has 2 aromatic heterocycles. The molecule has 4 aromatic carbocycles. The summed E-state index contributed by atoms with van der Waals surface area (Å²) < 4.78 is 4.15. The number of rotatable bonds is 0. The first-order valence-electron chi connectivity index (χ1n) is 15.1. The quantitative estimate of drug-likeness (QED) is 0.232. The molecule has 6 bridgehead atoms. The van der Waals surface area contributed by atoms with Crippen LogP contribution in [0.5, 0.6) is 0 Å². The summed E-state index contributed by atoms with van der Waals surface area (Å²) in [5.41, 5.74) is 5.67. The zero-order valence-electron chi connectivity index (χ0n) is 25.9. The van der Waals surface area contributed by atoms with Gasteiger partial charge in [0.2, 0.25) is 0 Å². The number of amidine groups is 2. The van der Waals surface area contributed by atoms with Gasteiger partial charge >= 0.3 is 0 Å². The zero-order valence-corrected chi connectivity index (χ0v) is 25.9. The van der Waals surface area contributed by atoms with Gasteiger partial charge in [0.25, 0.3) is 0 Å². The molecule has 0 aliphatic carbocycles. The number of fused-ring (bicyclic) bond motifs is 16. The molecular formula is C37H32N8. The van der Waals surface area contributed by atoms with E-state index in [0.717, 1.165) is 78.0 Å². The minimum Gasteiger partial charge on any atom is -0.342 e. The van der Waals surface area contributed by atoms with E-state index in [1.165, 1.54) is 0 Å². The molecule has 0 amide bonds. The topological polar surface area (TPSA) is 83.7 Å². The smallest absolute Gasteiger partial charge is 0.157 e. The summed E-state index contributed by atoms with van der Waals surface area (Å²) in [5, 5.41) is 7.81. The third kappa shape index (κ3) is 4.02. The predicted octanol–water partition coefficient (Wildman–Crippen LogP) is 5.99. The van der Waals surface area contributed by atoms with Crippen molar-refractivity contribution in [3.63, 3.8) is 0 Å². The Balaban J connectivity index is 1.54. The molecule has 220 valence electrons. The van der Waals surface area contributed by atoms with Gasteiger partial charge in [-0.05, 0) is 13.8 Å². The van der Waals surface area contributed by atoms with Crippen LogP contribution < -0.4 is 16.3 Å². The van der Waals surface area contributed by atoms with Gasteiger partial charge in [-0.25, -0.2) is 20.0 Å². The lowest BCUT2D eigenvalue weighted by molar-refractivity contribution is 0.458. The highest BCUT2D eigenvalue weighted by molar-refractivity contribution is 6.14. The van der Waals surface area contributed by atoms with Crippen molar-refractivity contribution in [2.45, 2.75) is 19.5 Å². The Morgan fingerprint density at radius 3 is 1.87 bits per heavy atom. The van der Waals surface area contributed by atoms with E-state index < -0.39 is 5.66 Å². The van der Waals surface area contributed by atoms with Crippen LogP contribution >= 0.6 is 0 Å². The van der Waals surface area contributed by atoms with E-state index in [4.69, 9.17) is 25.0 Å². The van der Waals surface area contributed by atoms with Gasteiger partial charge in [-0.1, -0.05) is 97.1 Å². The maximum atomic E-state index is 5.45. The minimum absolute atomic E-state index is 0.626. The number of nitrogens with zero attached hydrogens (tertiary/aromatic N) is 7. The van der Waals surface area contributed by atoms with Crippen molar-refractivity contribution in [2.24, 2.45) is 39.1 Å². The maximum absolute atomic E-state index is 5.45. The highest BCUT2D eigenvalue weighted by atomic mass is 15.2. The lowest BCUT2D eigenvalue weighted by atomic mass is 10.0. The first kappa shape index (κ1) is 27.0. The van der Waals surface area contributed by atoms with Gasteiger partial charge in [0.1, 0.15) is 28.4 Å². The molecule has 1 unspecified atom stereocenters. The summed E-state index contributed by atoms with van der Waals surface area (Å²) in [6.07, 6.45) is 0. The Morgan fingerprint density at radius 2 is 1.18 bits per heavy atom. The number of hydrogen-bond acceptors (Lipinski definition) is 5. The standard InChI is InChI=1S/C37H32N8/c1-22-23-14-6-7-15-24(23)31(38-3)40-34-27-18-10-11-19-28(27)36(45(34)5)43-37(2)30-21-13-12-20-29(30)32(42-37)41-35-26-17-9-8-16-25(26)33(39-22)44(35)4/h6-21H,1-5H3,(H,41,42). The molecular weight excluding hydrogens is 556 g/mol. The summed E-state index contributed by atoms with van der Waals surface area (Å²) in [7, 11) is 5.84. The Bertz CT molecular complexity index is 2420. The van der Waals surface area contributed by atoms with Gasteiger partial charge in [0.05, 0.1) is 0 Å². The van der Waals surface area contributed by atoms with Crippen LogP contribution in [0.2, 0.25) is 0 Å². The zero-order chi connectivity index (χ0) is 30.9. The average molecular weight is 589 g/mol. The summed E-state index contributed by atoms with van der Waals surface area (Å²) in [4.78, 5) is 25.9. The van der Waals surface area contributed by atoms with Gasteiger partial charge < -0.3 is 14.5 Å². The van der Waals surface area contributed by atoms with Crippen LogP contribution in [-0.2, 0) is 19.8 Å². The summed E-state index contributed by atoms with van der Waals surface area (Å²) >= 11 is 0. The van der Waals surface area contributed by atoms with Gasteiger partial charge in [-0.15, -0.1) is 0 Å². The molecule has 8 heteroatoms. The molecule has 2 aliphatic heterocycles. The van der Waals surface area contributed by atoms with Gasteiger partial charge in [0.15, 0.2) is 11.5 Å². The van der Waals surface area contributed by atoms with Crippen LogP contribution in [0.1, 0.15) is 36.1 Å². The van der Waals surface area contributed by atoms with Gasteiger partial charge in [-0.2, -0.15) is 0 Å². The monoisotopic (exact) mass is 588 g/mol. The normalized spacial score (nSPS) is 18.4. The molecule has 0 fully saturated rings. The van der Waals surface area contributed by atoms with E-state index in [1.807, 2.05) is 63.5 Å². The second kappa shape index (κ2) is 9.95. The molecule has 0 saturated heterocycles. The van der Waals surface area contributed by atoms with E-state index in [-0.39, 0.29) is 0 Å². The lowest BCUT2D eigenvalue weighted by Crippen LogP contribution is -2.38. The average Bonchev–Trinajstić information content (AvgIpc) is 3.60. The van der Waals surface area contributed by atoms with Crippen LogP contribution in [0, 0.1) is 0 Å². The highest BCUT2D eigenvalue weighted by Gasteiger charge is 2.38. The third-order valence-corrected chi connectivity index (χ3v) is 8.96. The molecule has 0 spiro atoms. The molecule has 4 heterocycles. The molecule has 8 rings (SSSR count). The second-order valence-electron chi connectivity index (χ2n) is 11.7. The minimum atomic E-state index is -0.775. The second-order valence-corrected chi connectivity index (χ2v) is 11.7. The number of nitrogens with one attached hydrogen (secondary N) is 1. The maximum Gasteiger partial charge on any atom is 0.157 e. The number of aromatic nitrogens is 2. The first-order chi connectivity index (χ1) is 21.9. The number of hydrogen-bond donors (Lipinski definition) is 1. The Labute approximate surface area is 260 Å². The van der Waals surface area contributed by atoms with Crippen molar-refractivity contribution in [1.82, 2.24) is 14.5 Å². The Kier molecular flexibility index (Phi) is 5.96. The molecule has 0 saturated carbocycles. The summed E-state index contributed by atoms with van der Waals surface area (Å²) in [6.45, 7) is 4.15. The van der Waals surface area contributed by atoms with E-state index in [2.05, 4.69) is 76.0 Å². The van der Waals surface area contributed by atoms with Crippen LogP contribution in [0.4, 0.5) is 11.6 Å². The fourth-order valence-corrected chi connectivity index (χ4v) is 6.73. The molecule has 2 aliphatic rings. The van der Waals surface area contributed by atoms with Gasteiger partial charge in [-0.3, -0.25) is 4.99 Å². The molecule has 6 aromatic rings. The van der Waals surface area contributed by atoms with Crippen LogP contribution in [0.25, 0.3) is 21.5 Å². The summed E-state index contributed by atoms with van der Waals surface area (Å²) in [5.74, 6) is 3.06. The van der Waals surface area contributed by atoms with Gasteiger partial charge in [0, 0.05) is 70.7 Å². The van der Waals surface area contributed by atoms with Crippen LogP contribution in [0.3, 0.4) is 0 Å². The Morgan fingerprint density at radius 1 is 0.622 bits per heavy atom. The van der Waals surface area contributed by atoms with E-state index in [9.17, 15) is 0 Å². The Hall–Kier alpha value is -5.63. The van der Waals surface area contributed by atoms with Crippen LogP contribution in [-0.4, -0.2) is 33.6 Å². The first-order valence-corrected chi connectivity index (χ1v) is 15.1. The van der Waals surface area contributed by atoms with Crippen molar-refractivity contribution < 1.29 is 0 Å². The van der Waals surface area contributed by atoms with E-state index >= 15 is 0 Å². The number of benzene rings is 4. The van der Waals surface area contributed by atoms with E-state index in [0.29, 0.717) is 5.84 Å². The van der Waals surface area contributed by atoms with Crippen molar-refractivity contribution in [2.75, 3.05) is 7.05 Å². The highest BCUT2D eigenvalue weighted by Crippen LogP contribution is 2.39. The largest absolute Gasteiger partial charge is 0.342 e. The van der Waals surface area contributed by atoms with Crippen molar-refractivity contribution in [3.05, 3.63) is 130 Å². The third-order valence-electron chi connectivity index (χ3n) is 8.96. The molecule has 1 atom stereocenters. The molecule has 8 nitrogen and oxygen atoms in total. The van der Waals surface area contributed by atoms with Crippen LogP contribution in [0.15, 0.2) is 122 Å². The number of aliphatic imine (C=N–C) groups is 3. The molecule has 1 N–H and O–H groups in total.